The molecule has 19 heavy (non-hydrogen) atoms. The first kappa shape index (κ1) is 13.9. The number of nitrogens with zero attached hydrogens (tertiary/aromatic N) is 2. The maximum atomic E-state index is 11.9. The van der Waals surface area contributed by atoms with Crippen LogP contribution in [0.15, 0.2) is 51.7 Å². The first-order valence-corrected chi connectivity index (χ1v) is 6.83. The van der Waals surface area contributed by atoms with E-state index < -0.39 is 0 Å². The Morgan fingerprint density at radius 2 is 1.53 bits per heavy atom. The van der Waals surface area contributed by atoms with E-state index in [9.17, 15) is 9.90 Å². The highest BCUT2D eigenvalue weighted by atomic mass is 79.9. The van der Waals surface area contributed by atoms with Crippen LogP contribution < -0.4 is 0 Å². The summed E-state index contributed by atoms with van der Waals surface area (Å²) in [6, 6.07) is 6.63. The van der Waals surface area contributed by atoms with Crippen molar-refractivity contribution in [2.24, 2.45) is 0 Å². The van der Waals surface area contributed by atoms with Gasteiger partial charge in [0.1, 0.15) is 17.1 Å². The Balaban J connectivity index is 2.22. The maximum Gasteiger partial charge on any atom is 0.207 e. The van der Waals surface area contributed by atoms with E-state index in [4.69, 9.17) is 0 Å². The van der Waals surface area contributed by atoms with E-state index in [1.807, 2.05) is 0 Å². The van der Waals surface area contributed by atoms with E-state index in [2.05, 4.69) is 41.8 Å². The van der Waals surface area contributed by atoms with E-state index in [0.29, 0.717) is 5.69 Å². The van der Waals surface area contributed by atoms with Crippen molar-refractivity contribution in [1.82, 2.24) is 9.97 Å². The molecule has 0 aromatic carbocycles. The van der Waals surface area contributed by atoms with Crippen molar-refractivity contribution >= 4 is 43.4 Å². The fraction of sp³-hybridized carbons (Fsp3) is 0. The predicted octanol–water partition coefficient (Wildman–Crippen LogP) is 3.78. The van der Waals surface area contributed by atoms with Gasteiger partial charge in [-0.05, 0) is 56.1 Å². The van der Waals surface area contributed by atoms with Gasteiger partial charge >= 0.3 is 0 Å². The number of aromatic nitrogens is 2. The van der Waals surface area contributed by atoms with Gasteiger partial charge in [-0.2, -0.15) is 0 Å². The van der Waals surface area contributed by atoms with Crippen molar-refractivity contribution < 1.29 is 9.90 Å². The van der Waals surface area contributed by atoms with Crippen molar-refractivity contribution in [3.8, 4) is 0 Å². The smallest absolute Gasteiger partial charge is 0.207 e. The van der Waals surface area contributed by atoms with Crippen LogP contribution in [-0.2, 0) is 0 Å². The molecule has 0 saturated heterocycles. The lowest BCUT2D eigenvalue weighted by molar-refractivity contribution is 0.104. The lowest BCUT2D eigenvalue weighted by Crippen LogP contribution is -2.00. The molecule has 2 heterocycles. The zero-order chi connectivity index (χ0) is 13.8. The van der Waals surface area contributed by atoms with Gasteiger partial charge in [-0.25, -0.2) is 0 Å². The lowest BCUT2D eigenvalue weighted by Gasteiger charge is -2.00. The van der Waals surface area contributed by atoms with Crippen molar-refractivity contribution in [2.75, 3.05) is 0 Å². The van der Waals surface area contributed by atoms with E-state index in [0.717, 1.165) is 15.0 Å². The van der Waals surface area contributed by atoms with E-state index in [1.165, 1.54) is 6.20 Å². The molecule has 96 valence electrons. The second-order valence-corrected chi connectivity index (χ2v) is 5.45. The van der Waals surface area contributed by atoms with E-state index in [-0.39, 0.29) is 17.2 Å². The zero-order valence-corrected chi connectivity index (χ0v) is 12.7. The number of aliphatic hydroxyl groups excluding tert-OH is 1. The quantitative estimate of drug-likeness (QED) is 0.497. The number of hydrogen-bond acceptors (Lipinski definition) is 4. The Hall–Kier alpha value is -1.53. The molecule has 0 spiro atoms. The number of carbonyl (C=O) groups excluding carboxylic acids is 1. The molecule has 2 aromatic heterocycles. The standard InChI is InChI=1S/C13H8Br2N2O2/c14-8-1-3-10(16-6-8)12(18)5-13(19)11-4-2-9(15)7-17-11/h1-7,18H. The summed E-state index contributed by atoms with van der Waals surface area (Å²) >= 11 is 6.48. The van der Waals surface area contributed by atoms with Crippen LogP contribution in [0.3, 0.4) is 0 Å². The first-order valence-electron chi connectivity index (χ1n) is 5.25. The zero-order valence-electron chi connectivity index (χ0n) is 9.55. The molecule has 0 bridgehead atoms. The summed E-state index contributed by atoms with van der Waals surface area (Å²) in [5, 5.41) is 9.82. The molecular formula is C13H8Br2N2O2. The normalized spacial score (nSPS) is 11.4. The van der Waals surface area contributed by atoms with Crippen LogP contribution in [0.4, 0.5) is 0 Å². The molecule has 0 unspecified atom stereocenters. The fourth-order valence-electron chi connectivity index (χ4n) is 1.32. The van der Waals surface area contributed by atoms with Crippen LogP contribution in [0.25, 0.3) is 5.76 Å². The molecule has 0 aliphatic carbocycles. The topological polar surface area (TPSA) is 63.1 Å². The van der Waals surface area contributed by atoms with Crippen molar-refractivity contribution in [3.05, 3.63) is 63.1 Å². The Morgan fingerprint density at radius 1 is 1.00 bits per heavy atom. The molecule has 0 atom stereocenters. The van der Waals surface area contributed by atoms with Crippen LogP contribution in [0.1, 0.15) is 16.2 Å². The summed E-state index contributed by atoms with van der Waals surface area (Å²) in [5.74, 6) is -0.572. The fourth-order valence-corrected chi connectivity index (χ4v) is 1.79. The Labute approximate surface area is 126 Å². The van der Waals surface area contributed by atoms with Crippen molar-refractivity contribution in [3.63, 3.8) is 0 Å². The highest BCUT2D eigenvalue weighted by molar-refractivity contribution is 9.10. The van der Waals surface area contributed by atoms with Crippen molar-refractivity contribution in [1.29, 1.82) is 0 Å². The lowest BCUT2D eigenvalue weighted by atomic mass is 10.2. The van der Waals surface area contributed by atoms with Crippen LogP contribution >= 0.6 is 31.9 Å². The summed E-state index contributed by atoms with van der Waals surface area (Å²) in [6.45, 7) is 0. The third-order valence-electron chi connectivity index (χ3n) is 2.24. The third kappa shape index (κ3) is 3.71. The first-order chi connectivity index (χ1) is 9.06. The van der Waals surface area contributed by atoms with Crippen molar-refractivity contribution in [2.45, 2.75) is 0 Å². The number of ketones is 1. The summed E-state index contributed by atoms with van der Waals surface area (Å²) in [4.78, 5) is 19.8. The second kappa shape index (κ2) is 6.08. The van der Waals surface area contributed by atoms with Crippen LogP contribution in [-0.4, -0.2) is 20.9 Å². The average Bonchev–Trinajstić information content (AvgIpc) is 2.40. The highest BCUT2D eigenvalue weighted by Crippen LogP contribution is 2.14. The van der Waals surface area contributed by atoms with Gasteiger partial charge in [0.25, 0.3) is 0 Å². The molecule has 2 rings (SSSR count). The Kier molecular flexibility index (Phi) is 4.44. The van der Waals surface area contributed by atoms with Crippen LogP contribution in [0, 0.1) is 0 Å². The summed E-state index contributed by atoms with van der Waals surface area (Å²) < 4.78 is 1.58. The van der Waals surface area contributed by atoms with Gasteiger partial charge in [-0.3, -0.25) is 14.8 Å². The van der Waals surface area contributed by atoms with Gasteiger partial charge in [0, 0.05) is 27.4 Å². The Morgan fingerprint density at radius 3 is 2.00 bits per heavy atom. The molecule has 0 amide bonds. The van der Waals surface area contributed by atoms with Gasteiger partial charge in [0.05, 0.1) is 0 Å². The number of carbonyl (C=O) groups is 1. The van der Waals surface area contributed by atoms with Crippen LogP contribution in [0.5, 0.6) is 0 Å². The second-order valence-electron chi connectivity index (χ2n) is 3.62. The van der Waals surface area contributed by atoms with Gasteiger partial charge in [0.2, 0.25) is 5.78 Å². The molecular weight excluding hydrogens is 376 g/mol. The van der Waals surface area contributed by atoms with Crippen LogP contribution in [0.2, 0.25) is 0 Å². The molecule has 1 N–H and O–H groups in total. The third-order valence-corrected chi connectivity index (χ3v) is 3.18. The molecule has 0 radical (unpaired) electrons. The van der Waals surface area contributed by atoms with Gasteiger partial charge < -0.3 is 5.11 Å². The molecule has 4 nitrogen and oxygen atoms in total. The Bertz CT molecular complexity index is 622. The van der Waals surface area contributed by atoms with E-state index in [1.54, 1.807) is 30.5 Å². The molecule has 6 heteroatoms. The molecule has 0 aliphatic rings. The number of pyridine rings is 2. The summed E-state index contributed by atoms with van der Waals surface area (Å²) in [5.41, 5.74) is 0.584. The predicted molar refractivity (Wildman–Crippen MR) is 78.8 cm³/mol. The minimum absolute atomic E-state index is 0.192. The summed E-state index contributed by atoms with van der Waals surface area (Å²) in [6.07, 6.45) is 4.17. The monoisotopic (exact) mass is 382 g/mol. The number of hydrogen-bond donors (Lipinski definition) is 1. The SMILES string of the molecule is O=C(C=C(O)c1ccc(Br)cn1)c1ccc(Br)cn1. The van der Waals surface area contributed by atoms with E-state index >= 15 is 0 Å². The molecule has 0 fully saturated rings. The highest BCUT2D eigenvalue weighted by Gasteiger charge is 2.08. The molecule has 0 saturated carbocycles. The molecule has 2 aromatic rings. The maximum absolute atomic E-state index is 11.9. The number of rotatable bonds is 3. The minimum Gasteiger partial charge on any atom is -0.506 e. The number of allylic oxidation sites excluding steroid dienone is 1. The van der Waals surface area contributed by atoms with Gasteiger partial charge in [-0.15, -0.1) is 0 Å². The van der Waals surface area contributed by atoms with Gasteiger partial charge in [-0.1, -0.05) is 0 Å². The summed E-state index contributed by atoms with van der Waals surface area (Å²) in [7, 11) is 0. The molecule has 0 aliphatic heterocycles. The average molecular weight is 384 g/mol. The number of aliphatic hydroxyl groups is 1. The van der Waals surface area contributed by atoms with Gasteiger partial charge in [0.15, 0.2) is 0 Å². The minimum atomic E-state index is -0.380. The number of halogens is 2. The largest absolute Gasteiger partial charge is 0.506 e.